The molecule has 0 aliphatic heterocycles. The summed E-state index contributed by atoms with van der Waals surface area (Å²) in [5.41, 5.74) is 2.76. The molecule has 0 unspecified atom stereocenters. The predicted octanol–water partition coefficient (Wildman–Crippen LogP) is 3.89. The van der Waals surface area contributed by atoms with Crippen LogP contribution >= 0.6 is 0 Å². The fourth-order valence-corrected chi connectivity index (χ4v) is 1.76. The van der Waals surface area contributed by atoms with Gasteiger partial charge in [-0.15, -0.1) is 0 Å². The van der Waals surface area contributed by atoms with E-state index >= 15 is 0 Å². The molecule has 0 spiro atoms. The molecule has 3 heteroatoms. The summed E-state index contributed by atoms with van der Waals surface area (Å²) >= 11 is 0. The monoisotopic (exact) mass is 240 g/mol. The maximum absolute atomic E-state index is 11.8. The van der Waals surface area contributed by atoms with Gasteiger partial charge >= 0.3 is 6.03 Å². The van der Waals surface area contributed by atoms with Gasteiger partial charge in [-0.25, -0.2) is 4.79 Å². The SMILES string of the molecule is CCc1ccccc1NC(=O)Nc1ccccc1. The summed E-state index contributed by atoms with van der Waals surface area (Å²) in [7, 11) is 0. The second kappa shape index (κ2) is 5.87. The first kappa shape index (κ1) is 12.2. The highest BCUT2D eigenvalue weighted by Crippen LogP contribution is 2.16. The lowest BCUT2D eigenvalue weighted by Gasteiger charge is -2.10. The molecule has 0 saturated carbocycles. The van der Waals surface area contributed by atoms with E-state index in [-0.39, 0.29) is 6.03 Å². The maximum atomic E-state index is 11.8. The molecule has 0 aliphatic carbocycles. The largest absolute Gasteiger partial charge is 0.323 e. The number of hydrogen-bond acceptors (Lipinski definition) is 1. The summed E-state index contributed by atoms with van der Waals surface area (Å²) in [6.07, 6.45) is 0.891. The minimum absolute atomic E-state index is 0.220. The topological polar surface area (TPSA) is 41.1 Å². The predicted molar refractivity (Wildman–Crippen MR) is 74.9 cm³/mol. The van der Waals surface area contributed by atoms with Gasteiger partial charge in [-0.2, -0.15) is 0 Å². The van der Waals surface area contributed by atoms with Crippen LogP contribution in [0, 0.1) is 0 Å². The van der Waals surface area contributed by atoms with Crippen LogP contribution in [0.4, 0.5) is 16.2 Å². The van der Waals surface area contributed by atoms with Crippen LogP contribution in [0.1, 0.15) is 12.5 Å². The van der Waals surface area contributed by atoms with Crippen molar-refractivity contribution < 1.29 is 4.79 Å². The van der Waals surface area contributed by atoms with Crippen molar-refractivity contribution >= 4 is 17.4 Å². The van der Waals surface area contributed by atoms with Crippen LogP contribution in [0.3, 0.4) is 0 Å². The molecular formula is C15H16N2O. The van der Waals surface area contributed by atoms with Crippen LogP contribution in [-0.2, 0) is 6.42 Å². The summed E-state index contributed by atoms with van der Waals surface area (Å²) in [4.78, 5) is 11.8. The van der Waals surface area contributed by atoms with Gasteiger partial charge in [0, 0.05) is 11.4 Å². The lowest BCUT2D eigenvalue weighted by molar-refractivity contribution is 0.262. The van der Waals surface area contributed by atoms with Crippen molar-refractivity contribution in [2.24, 2.45) is 0 Å². The molecule has 0 radical (unpaired) electrons. The second-order valence-corrected chi connectivity index (χ2v) is 3.96. The molecule has 0 fully saturated rings. The average Bonchev–Trinajstić information content (AvgIpc) is 2.40. The zero-order valence-electron chi connectivity index (χ0n) is 10.3. The van der Waals surface area contributed by atoms with Crippen LogP contribution in [0.2, 0.25) is 0 Å². The van der Waals surface area contributed by atoms with Gasteiger partial charge in [-0.05, 0) is 30.2 Å². The van der Waals surface area contributed by atoms with E-state index in [1.807, 2.05) is 54.6 Å². The van der Waals surface area contributed by atoms with Crippen LogP contribution in [-0.4, -0.2) is 6.03 Å². The Morgan fingerprint density at radius 3 is 2.33 bits per heavy atom. The molecule has 18 heavy (non-hydrogen) atoms. The molecule has 0 aromatic heterocycles. The molecule has 2 N–H and O–H groups in total. The Bertz CT molecular complexity index is 523. The third-order valence-corrected chi connectivity index (χ3v) is 2.68. The summed E-state index contributed by atoms with van der Waals surface area (Å²) in [6, 6.07) is 17.0. The zero-order valence-corrected chi connectivity index (χ0v) is 10.3. The Labute approximate surface area is 107 Å². The van der Waals surface area contributed by atoms with Crippen LogP contribution in [0.25, 0.3) is 0 Å². The molecule has 2 aromatic carbocycles. The van der Waals surface area contributed by atoms with E-state index < -0.39 is 0 Å². The second-order valence-electron chi connectivity index (χ2n) is 3.96. The smallest absolute Gasteiger partial charge is 0.308 e. The number of amides is 2. The number of urea groups is 1. The molecule has 3 nitrogen and oxygen atoms in total. The highest BCUT2D eigenvalue weighted by Gasteiger charge is 2.04. The Morgan fingerprint density at radius 2 is 1.61 bits per heavy atom. The number of nitrogens with one attached hydrogen (secondary N) is 2. The third-order valence-electron chi connectivity index (χ3n) is 2.68. The third kappa shape index (κ3) is 3.10. The summed E-state index contributed by atoms with van der Waals surface area (Å²) in [5.74, 6) is 0. The van der Waals surface area contributed by atoms with Crippen molar-refractivity contribution in [3.8, 4) is 0 Å². The van der Waals surface area contributed by atoms with Crippen molar-refractivity contribution in [1.82, 2.24) is 0 Å². The molecule has 2 rings (SSSR count). The van der Waals surface area contributed by atoms with Crippen molar-refractivity contribution in [1.29, 1.82) is 0 Å². The highest BCUT2D eigenvalue weighted by atomic mass is 16.2. The molecule has 0 aliphatic rings. The van der Waals surface area contributed by atoms with Gasteiger partial charge in [0.1, 0.15) is 0 Å². The Hall–Kier alpha value is -2.29. The van der Waals surface area contributed by atoms with Crippen molar-refractivity contribution in [3.05, 3.63) is 60.2 Å². The Kier molecular flexibility index (Phi) is 3.97. The van der Waals surface area contributed by atoms with E-state index in [1.54, 1.807) is 0 Å². The Balaban J connectivity index is 2.03. The van der Waals surface area contributed by atoms with E-state index in [2.05, 4.69) is 17.6 Å². The number of rotatable bonds is 3. The van der Waals surface area contributed by atoms with Gasteiger partial charge in [0.25, 0.3) is 0 Å². The van der Waals surface area contributed by atoms with Crippen LogP contribution in [0.5, 0.6) is 0 Å². The quantitative estimate of drug-likeness (QED) is 0.839. The van der Waals surface area contributed by atoms with E-state index in [0.717, 1.165) is 23.4 Å². The first-order valence-electron chi connectivity index (χ1n) is 6.00. The van der Waals surface area contributed by atoms with E-state index in [9.17, 15) is 4.79 Å². The molecular weight excluding hydrogens is 224 g/mol. The molecule has 0 atom stereocenters. The van der Waals surface area contributed by atoms with Gasteiger partial charge in [0.05, 0.1) is 0 Å². The zero-order chi connectivity index (χ0) is 12.8. The minimum Gasteiger partial charge on any atom is -0.308 e. The molecule has 0 bridgehead atoms. The first-order valence-corrected chi connectivity index (χ1v) is 6.00. The van der Waals surface area contributed by atoms with Gasteiger partial charge in [0.2, 0.25) is 0 Å². The Morgan fingerprint density at radius 1 is 0.944 bits per heavy atom. The number of carbonyl (C=O) groups is 1. The molecule has 0 saturated heterocycles. The number of benzene rings is 2. The normalized spacial score (nSPS) is 9.83. The fourth-order valence-electron chi connectivity index (χ4n) is 1.76. The standard InChI is InChI=1S/C15H16N2O/c1-2-12-8-6-7-11-14(12)17-15(18)16-13-9-4-3-5-10-13/h3-11H,2H2,1H3,(H2,16,17,18). The maximum Gasteiger partial charge on any atom is 0.323 e. The van der Waals surface area contributed by atoms with Crippen LogP contribution < -0.4 is 10.6 Å². The minimum atomic E-state index is -0.220. The number of aryl methyl sites for hydroxylation is 1. The number of para-hydroxylation sites is 2. The summed E-state index contributed by atoms with van der Waals surface area (Å²) in [6.45, 7) is 2.07. The molecule has 2 amide bonds. The summed E-state index contributed by atoms with van der Waals surface area (Å²) in [5, 5.41) is 5.65. The van der Waals surface area contributed by atoms with Gasteiger partial charge in [-0.1, -0.05) is 43.3 Å². The van der Waals surface area contributed by atoms with Gasteiger partial charge in [0.15, 0.2) is 0 Å². The highest BCUT2D eigenvalue weighted by molar-refractivity contribution is 6.00. The average molecular weight is 240 g/mol. The molecule has 92 valence electrons. The lowest BCUT2D eigenvalue weighted by Crippen LogP contribution is -2.20. The first-order chi connectivity index (χ1) is 8.79. The van der Waals surface area contributed by atoms with Gasteiger partial charge in [-0.3, -0.25) is 0 Å². The van der Waals surface area contributed by atoms with E-state index in [4.69, 9.17) is 0 Å². The fraction of sp³-hybridized carbons (Fsp3) is 0.133. The molecule has 2 aromatic rings. The van der Waals surface area contributed by atoms with Crippen molar-refractivity contribution in [2.75, 3.05) is 10.6 Å². The van der Waals surface area contributed by atoms with Crippen LogP contribution in [0.15, 0.2) is 54.6 Å². The summed E-state index contributed by atoms with van der Waals surface area (Å²) < 4.78 is 0. The van der Waals surface area contributed by atoms with Crippen molar-refractivity contribution in [3.63, 3.8) is 0 Å². The number of hydrogen-bond donors (Lipinski definition) is 2. The van der Waals surface area contributed by atoms with Gasteiger partial charge < -0.3 is 10.6 Å². The van der Waals surface area contributed by atoms with E-state index in [1.165, 1.54) is 0 Å². The number of carbonyl (C=O) groups excluding carboxylic acids is 1. The number of anilines is 2. The van der Waals surface area contributed by atoms with Crippen molar-refractivity contribution in [2.45, 2.75) is 13.3 Å². The molecule has 0 heterocycles. The van der Waals surface area contributed by atoms with E-state index in [0.29, 0.717) is 0 Å². The lowest BCUT2D eigenvalue weighted by atomic mass is 10.1.